The maximum absolute atomic E-state index is 13.5. The minimum absolute atomic E-state index is 0.0610. The number of aryl methyl sites for hydroxylation is 1. The summed E-state index contributed by atoms with van der Waals surface area (Å²) in [5.41, 5.74) is 7.02. The molecule has 0 aliphatic heterocycles. The molecule has 24 heavy (non-hydrogen) atoms. The Morgan fingerprint density at radius 3 is 2.62 bits per heavy atom. The van der Waals surface area contributed by atoms with Gasteiger partial charge in [-0.2, -0.15) is 15.0 Å². The highest BCUT2D eigenvalue weighted by atomic mass is 19.1. The van der Waals surface area contributed by atoms with E-state index in [0.717, 1.165) is 19.3 Å². The van der Waals surface area contributed by atoms with Gasteiger partial charge in [0.15, 0.2) is 12.0 Å². The molecular formula is C18H24FN5. The van der Waals surface area contributed by atoms with Crippen LogP contribution in [0.4, 0.5) is 16.3 Å². The van der Waals surface area contributed by atoms with Crippen LogP contribution in [0.15, 0.2) is 30.3 Å². The van der Waals surface area contributed by atoms with Crippen molar-refractivity contribution in [2.24, 2.45) is 5.92 Å². The smallest absolute Gasteiger partial charge is 0.228 e. The molecule has 5 nitrogen and oxygen atoms in total. The quantitative estimate of drug-likeness (QED) is 0.772. The minimum atomic E-state index is -1.26. The van der Waals surface area contributed by atoms with Crippen molar-refractivity contribution >= 4 is 11.9 Å². The predicted octanol–water partition coefficient (Wildman–Crippen LogP) is 3.70. The van der Waals surface area contributed by atoms with E-state index in [1.807, 2.05) is 6.07 Å². The molecular weight excluding hydrogens is 305 g/mol. The van der Waals surface area contributed by atoms with Crippen LogP contribution in [-0.2, 0) is 6.42 Å². The molecule has 1 heterocycles. The van der Waals surface area contributed by atoms with E-state index in [4.69, 9.17) is 5.73 Å². The number of anilines is 2. The van der Waals surface area contributed by atoms with Crippen molar-refractivity contribution in [3.8, 4) is 0 Å². The number of hydrogen-bond donors (Lipinski definition) is 2. The third-order valence-corrected chi connectivity index (χ3v) is 4.35. The van der Waals surface area contributed by atoms with E-state index in [1.54, 1.807) is 0 Å². The molecule has 1 fully saturated rings. The van der Waals surface area contributed by atoms with Gasteiger partial charge in [-0.3, -0.25) is 0 Å². The number of aromatic nitrogens is 3. The second kappa shape index (κ2) is 7.55. The summed E-state index contributed by atoms with van der Waals surface area (Å²) in [4.78, 5) is 12.1. The van der Waals surface area contributed by atoms with E-state index in [9.17, 15) is 4.39 Å². The largest absolute Gasteiger partial charge is 0.368 e. The molecule has 1 saturated carbocycles. The summed E-state index contributed by atoms with van der Waals surface area (Å²) in [7, 11) is 0. The summed E-state index contributed by atoms with van der Waals surface area (Å²) in [6.07, 6.45) is 4.36. The summed E-state index contributed by atoms with van der Waals surface area (Å²) < 4.78 is 13.5. The fourth-order valence-electron chi connectivity index (χ4n) is 2.91. The van der Waals surface area contributed by atoms with Crippen LogP contribution >= 0.6 is 0 Å². The van der Waals surface area contributed by atoms with Crippen LogP contribution in [0.2, 0.25) is 0 Å². The number of nitrogens with two attached hydrogens (primary N) is 1. The third kappa shape index (κ3) is 4.63. The molecule has 1 aromatic heterocycles. The maximum Gasteiger partial charge on any atom is 0.228 e. The Labute approximate surface area is 141 Å². The summed E-state index contributed by atoms with van der Waals surface area (Å²) >= 11 is 0. The van der Waals surface area contributed by atoms with E-state index >= 15 is 0 Å². The summed E-state index contributed by atoms with van der Waals surface area (Å²) in [6.45, 7) is 1.40. The Kier molecular flexibility index (Phi) is 5.23. The van der Waals surface area contributed by atoms with Gasteiger partial charge in [0.2, 0.25) is 11.9 Å². The highest BCUT2D eigenvalue weighted by Crippen LogP contribution is 2.36. The standard InChI is InChI=1S/C18H24FN5/c1-12(19)16-22-17(20)24-18(23-16)21-15(14-10-11-14)9-5-8-13-6-3-2-4-7-13/h2-4,6-7,12,14-15H,5,8-11H2,1H3,(H3,20,21,22,23,24)/t12?,15-/m0/s1. The maximum atomic E-state index is 13.5. The lowest BCUT2D eigenvalue weighted by molar-refractivity contribution is 0.356. The molecule has 6 heteroatoms. The van der Waals surface area contributed by atoms with Crippen molar-refractivity contribution < 1.29 is 4.39 Å². The first kappa shape index (κ1) is 16.6. The Morgan fingerprint density at radius 1 is 1.21 bits per heavy atom. The Hall–Kier alpha value is -2.24. The molecule has 1 unspecified atom stereocenters. The summed E-state index contributed by atoms with van der Waals surface area (Å²) in [6, 6.07) is 10.8. The van der Waals surface area contributed by atoms with Gasteiger partial charge in [-0.15, -0.1) is 0 Å². The molecule has 2 atom stereocenters. The lowest BCUT2D eigenvalue weighted by Crippen LogP contribution is -2.24. The zero-order chi connectivity index (χ0) is 16.9. The number of rotatable bonds is 8. The zero-order valence-electron chi connectivity index (χ0n) is 14.0. The van der Waals surface area contributed by atoms with Crippen LogP contribution in [0.5, 0.6) is 0 Å². The van der Waals surface area contributed by atoms with E-state index in [0.29, 0.717) is 17.9 Å². The van der Waals surface area contributed by atoms with Gasteiger partial charge in [0.05, 0.1) is 0 Å². The zero-order valence-corrected chi connectivity index (χ0v) is 14.0. The fourth-order valence-corrected chi connectivity index (χ4v) is 2.91. The first-order chi connectivity index (χ1) is 11.6. The van der Waals surface area contributed by atoms with Crippen LogP contribution in [0.1, 0.15) is 50.2 Å². The first-order valence-electron chi connectivity index (χ1n) is 8.58. The van der Waals surface area contributed by atoms with Gasteiger partial charge < -0.3 is 11.1 Å². The van der Waals surface area contributed by atoms with Crippen LogP contribution in [0.3, 0.4) is 0 Å². The normalized spacial score (nSPS) is 16.6. The lowest BCUT2D eigenvalue weighted by Gasteiger charge is -2.18. The van der Waals surface area contributed by atoms with Crippen molar-refractivity contribution in [2.45, 2.75) is 51.2 Å². The van der Waals surface area contributed by atoms with Crippen molar-refractivity contribution in [3.63, 3.8) is 0 Å². The number of halogens is 1. The predicted molar refractivity (Wildman–Crippen MR) is 93.3 cm³/mol. The Balaban J connectivity index is 1.60. The van der Waals surface area contributed by atoms with Crippen LogP contribution in [-0.4, -0.2) is 21.0 Å². The Morgan fingerprint density at radius 2 is 1.96 bits per heavy atom. The molecule has 0 spiro atoms. The van der Waals surface area contributed by atoms with Crippen molar-refractivity contribution in [1.29, 1.82) is 0 Å². The third-order valence-electron chi connectivity index (χ3n) is 4.35. The number of nitrogens with zero attached hydrogens (tertiary/aromatic N) is 3. The van der Waals surface area contributed by atoms with Crippen molar-refractivity contribution in [1.82, 2.24) is 15.0 Å². The van der Waals surface area contributed by atoms with E-state index in [-0.39, 0.29) is 11.8 Å². The second-order valence-corrected chi connectivity index (χ2v) is 6.46. The van der Waals surface area contributed by atoms with Gasteiger partial charge in [0.1, 0.15) is 0 Å². The molecule has 0 saturated heterocycles. The average molecular weight is 329 g/mol. The molecule has 1 aliphatic rings. The number of benzene rings is 1. The molecule has 128 valence electrons. The van der Waals surface area contributed by atoms with Gasteiger partial charge >= 0.3 is 0 Å². The average Bonchev–Trinajstić information content (AvgIpc) is 3.39. The molecule has 3 rings (SSSR count). The van der Waals surface area contributed by atoms with Gasteiger partial charge in [-0.05, 0) is 50.5 Å². The molecule has 1 aromatic carbocycles. The molecule has 0 radical (unpaired) electrons. The molecule has 2 aromatic rings. The lowest BCUT2D eigenvalue weighted by atomic mass is 10.0. The van der Waals surface area contributed by atoms with Crippen LogP contribution in [0, 0.1) is 5.92 Å². The van der Waals surface area contributed by atoms with Crippen LogP contribution < -0.4 is 11.1 Å². The number of hydrogen-bond acceptors (Lipinski definition) is 5. The minimum Gasteiger partial charge on any atom is -0.368 e. The van der Waals surface area contributed by atoms with E-state index in [2.05, 4.69) is 44.5 Å². The van der Waals surface area contributed by atoms with E-state index < -0.39 is 6.17 Å². The van der Waals surface area contributed by atoms with Crippen molar-refractivity contribution in [2.75, 3.05) is 11.1 Å². The van der Waals surface area contributed by atoms with Gasteiger partial charge in [-0.25, -0.2) is 4.39 Å². The van der Waals surface area contributed by atoms with Gasteiger partial charge in [0, 0.05) is 6.04 Å². The monoisotopic (exact) mass is 329 g/mol. The molecule has 1 aliphatic carbocycles. The van der Waals surface area contributed by atoms with Gasteiger partial charge in [0.25, 0.3) is 0 Å². The van der Waals surface area contributed by atoms with Crippen molar-refractivity contribution in [3.05, 3.63) is 41.7 Å². The summed E-state index contributed by atoms with van der Waals surface area (Å²) in [5.74, 6) is 1.18. The number of nitrogens with one attached hydrogen (secondary N) is 1. The first-order valence-corrected chi connectivity index (χ1v) is 8.58. The highest BCUT2D eigenvalue weighted by molar-refractivity contribution is 5.33. The summed E-state index contributed by atoms with van der Waals surface area (Å²) in [5, 5.41) is 3.35. The topological polar surface area (TPSA) is 76.7 Å². The Bertz CT molecular complexity index is 658. The highest BCUT2D eigenvalue weighted by Gasteiger charge is 2.31. The second-order valence-electron chi connectivity index (χ2n) is 6.46. The fraction of sp³-hybridized carbons (Fsp3) is 0.500. The van der Waals surface area contributed by atoms with E-state index in [1.165, 1.54) is 25.3 Å². The molecule has 3 N–H and O–H groups in total. The number of nitrogen functional groups attached to an aromatic ring is 1. The number of alkyl halides is 1. The van der Waals surface area contributed by atoms with Crippen LogP contribution in [0.25, 0.3) is 0 Å². The molecule has 0 amide bonds. The van der Waals surface area contributed by atoms with Gasteiger partial charge in [-0.1, -0.05) is 30.3 Å². The SMILES string of the molecule is CC(F)c1nc(N)nc(N[C@@H](CCCc2ccccc2)C2CC2)n1. The molecule has 0 bridgehead atoms.